The summed E-state index contributed by atoms with van der Waals surface area (Å²) in [4.78, 5) is 31.4. The lowest BCUT2D eigenvalue weighted by atomic mass is 9.89. The Morgan fingerprint density at radius 1 is 1.19 bits per heavy atom. The Hall–Kier alpha value is -1.91. The number of aromatic nitrogens is 1. The third kappa shape index (κ3) is 4.83. The van der Waals surface area contributed by atoms with E-state index >= 15 is 0 Å². The fourth-order valence-corrected chi connectivity index (χ4v) is 4.06. The van der Waals surface area contributed by atoms with Gasteiger partial charge in [-0.05, 0) is 43.7 Å². The van der Waals surface area contributed by atoms with Crippen molar-refractivity contribution in [2.45, 2.75) is 64.8 Å². The van der Waals surface area contributed by atoms with Gasteiger partial charge in [0.25, 0.3) is 5.91 Å². The number of piperidine rings is 1. The van der Waals surface area contributed by atoms with Gasteiger partial charge in [0.05, 0.1) is 5.56 Å². The number of nitrogens with zero attached hydrogens (tertiary/aromatic N) is 2. The first-order valence-corrected chi connectivity index (χ1v) is 10.1. The largest absolute Gasteiger partial charge is 0.367 e. The van der Waals surface area contributed by atoms with E-state index < -0.39 is 0 Å². The zero-order valence-electron chi connectivity index (χ0n) is 16.0. The molecule has 0 radical (unpaired) electrons. The van der Waals surface area contributed by atoms with E-state index in [1.54, 1.807) is 6.20 Å². The fourth-order valence-electron chi connectivity index (χ4n) is 4.06. The average molecular weight is 357 g/mol. The quantitative estimate of drug-likeness (QED) is 0.839. The maximum Gasteiger partial charge on any atom is 0.255 e. The third-order valence-electron chi connectivity index (χ3n) is 5.49. The Labute approximate surface area is 156 Å². The summed E-state index contributed by atoms with van der Waals surface area (Å²) in [5.74, 6) is 1.50. The van der Waals surface area contributed by atoms with Crippen LogP contribution < -0.4 is 5.32 Å². The van der Waals surface area contributed by atoms with E-state index in [1.807, 2.05) is 17.0 Å². The van der Waals surface area contributed by atoms with Gasteiger partial charge in [-0.15, -0.1) is 0 Å². The number of pyridine rings is 1. The highest BCUT2D eigenvalue weighted by Gasteiger charge is 2.29. The zero-order chi connectivity index (χ0) is 18.5. The van der Waals surface area contributed by atoms with Crippen molar-refractivity contribution in [3.05, 3.63) is 23.9 Å². The van der Waals surface area contributed by atoms with Gasteiger partial charge in [0.2, 0.25) is 0 Å². The number of hydrogen-bond donors (Lipinski definition) is 1. The van der Waals surface area contributed by atoms with E-state index in [0.29, 0.717) is 36.3 Å². The number of hydrogen-bond acceptors (Lipinski definition) is 4. The molecule has 1 aliphatic carbocycles. The summed E-state index contributed by atoms with van der Waals surface area (Å²) in [6.45, 7) is 5.41. The first kappa shape index (κ1) is 18.9. The van der Waals surface area contributed by atoms with Gasteiger partial charge in [0.1, 0.15) is 11.6 Å². The smallest absolute Gasteiger partial charge is 0.255 e. The van der Waals surface area contributed by atoms with Crippen LogP contribution in [0.25, 0.3) is 0 Å². The Morgan fingerprint density at radius 2 is 1.96 bits per heavy atom. The van der Waals surface area contributed by atoms with Gasteiger partial charge < -0.3 is 10.2 Å². The highest BCUT2D eigenvalue weighted by atomic mass is 16.2. The van der Waals surface area contributed by atoms with Crippen LogP contribution in [0.3, 0.4) is 0 Å². The van der Waals surface area contributed by atoms with Crippen molar-refractivity contribution in [3.8, 4) is 0 Å². The maximum absolute atomic E-state index is 12.8. The van der Waals surface area contributed by atoms with Crippen LogP contribution in [-0.2, 0) is 4.79 Å². The number of nitrogens with one attached hydrogen (secondary N) is 1. The number of anilines is 1. The molecular weight excluding hydrogens is 326 g/mol. The summed E-state index contributed by atoms with van der Waals surface area (Å²) in [7, 11) is 0. The van der Waals surface area contributed by atoms with E-state index in [2.05, 4.69) is 24.1 Å². The molecule has 1 atom stereocenters. The molecule has 142 valence electrons. The molecule has 5 heteroatoms. The first-order chi connectivity index (χ1) is 12.5. The van der Waals surface area contributed by atoms with Gasteiger partial charge in [-0.1, -0.05) is 26.7 Å². The molecule has 1 aromatic rings. The van der Waals surface area contributed by atoms with Crippen molar-refractivity contribution in [3.63, 3.8) is 0 Å². The maximum atomic E-state index is 12.8. The minimum Gasteiger partial charge on any atom is -0.367 e. The van der Waals surface area contributed by atoms with Gasteiger partial charge in [-0.2, -0.15) is 0 Å². The van der Waals surface area contributed by atoms with Crippen LogP contribution in [-0.4, -0.2) is 40.7 Å². The predicted octanol–water partition coefficient (Wildman–Crippen LogP) is 3.90. The topological polar surface area (TPSA) is 62.3 Å². The molecule has 1 aliphatic heterocycles. The molecule has 0 bridgehead atoms. The number of carbonyl (C=O) groups excluding carboxylic acids is 2. The van der Waals surface area contributed by atoms with Crippen LogP contribution in [0.4, 0.5) is 5.82 Å². The molecule has 2 heterocycles. The van der Waals surface area contributed by atoms with Crippen molar-refractivity contribution < 1.29 is 9.59 Å². The van der Waals surface area contributed by atoms with Crippen LogP contribution in [0.15, 0.2) is 18.3 Å². The summed E-state index contributed by atoms with van der Waals surface area (Å²) >= 11 is 0. The number of rotatable bonds is 6. The molecule has 26 heavy (non-hydrogen) atoms. The molecule has 0 aromatic carbocycles. The molecule has 1 amide bonds. The van der Waals surface area contributed by atoms with Gasteiger partial charge in [0, 0.05) is 37.7 Å². The minimum atomic E-state index is -0.00799. The molecule has 2 aliphatic rings. The fraction of sp³-hybridized carbons (Fsp3) is 0.667. The molecule has 1 N–H and O–H groups in total. The van der Waals surface area contributed by atoms with Crippen LogP contribution in [0.2, 0.25) is 0 Å². The first-order valence-electron chi connectivity index (χ1n) is 10.1. The molecule has 1 saturated carbocycles. The van der Waals surface area contributed by atoms with E-state index in [9.17, 15) is 9.59 Å². The average Bonchev–Trinajstić information content (AvgIpc) is 3.14. The second kappa shape index (κ2) is 8.65. The van der Waals surface area contributed by atoms with Crippen molar-refractivity contribution in [1.29, 1.82) is 0 Å². The Morgan fingerprint density at radius 3 is 2.62 bits per heavy atom. The normalized spacial score (nSPS) is 21.2. The summed E-state index contributed by atoms with van der Waals surface area (Å²) in [5.41, 5.74) is 0.610. The van der Waals surface area contributed by atoms with Gasteiger partial charge in [-0.25, -0.2) is 4.98 Å². The van der Waals surface area contributed by atoms with Crippen molar-refractivity contribution in [2.75, 3.05) is 18.4 Å². The number of carbonyl (C=O) groups is 2. The second-order valence-electron chi connectivity index (χ2n) is 8.21. The lowest BCUT2D eigenvalue weighted by Gasteiger charge is -2.32. The predicted molar refractivity (Wildman–Crippen MR) is 103 cm³/mol. The number of ketones is 1. The standard InChI is InChI=1S/C21H31N3O2/c1-15(2)12-19(25)17-6-5-11-24(14-17)21(26)16-9-10-20(22-13-16)23-18-7-3-4-8-18/h9-10,13,15,17-18H,3-8,11-12,14H2,1-2H3,(H,22,23). The third-order valence-corrected chi connectivity index (χ3v) is 5.49. The number of likely N-dealkylation sites (tertiary alicyclic amines) is 1. The monoisotopic (exact) mass is 357 g/mol. The van der Waals surface area contributed by atoms with Crippen LogP contribution in [0.5, 0.6) is 0 Å². The molecule has 3 rings (SSSR count). The molecule has 1 unspecified atom stereocenters. The number of Topliss-reactive ketones (excluding diaryl/α,β-unsaturated/α-hetero) is 1. The molecule has 1 saturated heterocycles. The number of amides is 1. The van der Waals surface area contributed by atoms with E-state index in [0.717, 1.165) is 25.2 Å². The Kier molecular flexibility index (Phi) is 6.28. The Balaban J connectivity index is 1.58. The minimum absolute atomic E-state index is 0.00744. The van der Waals surface area contributed by atoms with E-state index in [4.69, 9.17) is 0 Å². The Bertz CT molecular complexity index is 621. The lowest BCUT2D eigenvalue weighted by molar-refractivity contribution is -0.124. The van der Waals surface area contributed by atoms with E-state index in [-0.39, 0.29) is 11.8 Å². The highest BCUT2D eigenvalue weighted by molar-refractivity contribution is 5.94. The SMILES string of the molecule is CC(C)CC(=O)C1CCCN(C(=O)c2ccc(NC3CCCC3)nc2)C1. The van der Waals surface area contributed by atoms with Crippen LogP contribution in [0.1, 0.15) is 69.2 Å². The molecule has 5 nitrogen and oxygen atoms in total. The van der Waals surface area contributed by atoms with E-state index in [1.165, 1.54) is 25.7 Å². The highest BCUT2D eigenvalue weighted by Crippen LogP contribution is 2.23. The van der Waals surface area contributed by atoms with Crippen molar-refractivity contribution in [1.82, 2.24) is 9.88 Å². The van der Waals surface area contributed by atoms with Crippen LogP contribution >= 0.6 is 0 Å². The van der Waals surface area contributed by atoms with Crippen molar-refractivity contribution in [2.24, 2.45) is 11.8 Å². The van der Waals surface area contributed by atoms with Gasteiger partial charge in [-0.3, -0.25) is 9.59 Å². The summed E-state index contributed by atoms with van der Waals surface area (Å²) < 4.78 is 0. The molecule has 2 fully saturated rings. The lowest BCUT2D eigenvalue weighted by Crippen LogP contribution is -2.42. The van der Waals surface area contributed by atoms with Crippen molar-refractivity contribution >= 4 is 17.5 Å². The molecule has 1 aromatic heterocycles. The molecule has 0 spiro atoms. The zero-order valence-corrected chi connectivity index (χ0v) is 16.0. The summed E-state index contributed by atoms with van der Waals surface area (Å²) in [5, 5.41) is 3.45. The second-order valence-corrected chi connectivity index (χ2v) is 8.21. The van der Waals surface area contributed by atoms with Gasteiger partial charge >= 0.3 is 0 Å². The summed E-state index contributed by atoms with van der Waals surface area (Å²) in [6, 6.07) is 4.27. The van der Waals surface area contributed by atoms with Crippen LogP contribution in [0, 0.1) is 11.8 Å². The molecular formula is C21H31N3O2. The summed E-state index contributed by atoms with van der Waals surface area (Å²) in [6.07, 6.45) is 9.02. The van der Waals surface area contributed by atoms with Gasteiger partial charge in [0.15, 0.2) is 0 Å².